The van der Waals surface area contributed by atoms with E-state index in [0.717, 1.165) is 11.1 Å². The predicted octanol–water partition coefficient (Wildman–Crippen LogP) is 3.36. The Balaban J connectivity index is 2.17. The molecule has 0 aliphatic heterocycles. The summed E-state index contributed by atoms with van der Waals surface area (Å²) in [6.07, 6.45) is 0.694. The molecule has 0 fully saturated rings. The Morgan fingerprint density at radius 3 is 2.85 bits per heavy atom. The quantitative estimate of drug-likeness (QED) is 0.916. The van der Waals surface area contributed by atoms with Gasteiger partial charge in [0.2, 0.25) is 0 Å². The summed E-state index contributed by atoms with van der Waals surface area (Å²) in [5, 5.41) is 3.77. The van der Waals surface area contributed by atoms with Gasteiger partial charge in [0.15, 0.2) is 11.6 Å². The van der Waals surface area contributed by atoms with E-state index < -0.39 is 6.61 Å². The van der Waals surface area contributed by atoms with Crippen molar-refractivity contribution in [1.29, 1.82) is 0 Å². The summed E-state index contributed by atoms with van der Waals surface area (Å²) in [6.45, 7) is 1.27. The van der Waals surface area contributed by atoms with E-state index >= 15 is 0 Å². The van der Waals surface area contributed by atoms with Crippen LogP contribution < -0.4 is 10.5 Å². The second kappa shape index (κ2) is 4.19. The minimum atomic E-state index is -2.86. The summed E-state index contributed by atoms with van der Waals surface area (Å²) in [6, 6.07) is 4.87. The highest BCUT2D eigenvalue weighted by atomic mass is 19.3. The summed E-state index contributed by atoms with van der Waals surface area (Å²) in [5.74, 6) is 0.979. The molecule has 1 heterocycles. The first-order chi connectivity index (χ1) is 9.38. The van der Waals surface area contributed by atoms with Crippen molar-refractivity contribution in [2.45, 2.75) is 32.3 Å². The van der Waals surface area contributed by atoms with Crippen molar-refractivity contribution in [1.82, 2.24) is 5.16 Å². The van der Waals surface area contributed by atoms with E-state index in [1.54, 1.807) is 12.1 Å². The first kappa shape index (κ1) is 12.9. The molecular weight excluding hydrogens is 266 g/mol. The third-order valence-corrected chi connectivity index (χ3v) is 3.63. The van der Waals surface area contributed by atoms with Gasteiger partial charge < -0.3 is 15.0 Å². The zero-order chi connectivity index (χ0) is 14.5. The van der Waals surface area contributed by atoms with E-state index in [9.17, 15) is 8.78 Å². The number of hydrogen-bond acceptors (Lipinski definition) is 4. The first-order valence-electron chi connectivity index (χ1n) is 6.22. The van der Waals surface area contributed by atoms with Crippen LogP contribution in [0.5, 0.6) is 5.75 Å². The third-order valence-electron chi connectivity index (χ3n) is 3.63. The molecule has 0 saturated heterocycles. The lowest BCUT2D eigenvalue weighted by molar-refractivity contribution is -0.0498. The van der Waals surface area contributed by atoms with Crippen LogP contribution in [0, 0.1) is 0 Å². The van der Waals surface area contributed by atoms with Crippen LogP contribution in [0.15, 0.2) is 22.7 Å². The average Bonchev–Trinajstić information content (AvgIpc) is 2.69. The second-order valence-electron chi connectivity index (χ2n) is 5.52. The maximum Gasteiger partial charge on any atom is 0.387 e. The maximum atomic E-state index is 12.3. The Morgan fingerprint density at radius 2 is 2.15 bits per heavy atom. The minimum Gasteiger partial charge on any atom is -0.435 e. The highest BCUT2D eigenvalue weighted by molar-refractivity contribution is 5.75. The van der Waals surface area contributed by atoms with E-state index in [2.05, 4.69) is 23.7 Å². The van der Waals surface area contributed by atoms with Crippen molar-refractivity contribution in [3.05, 3.63) is 29.3 Å². The summed E-state index contributed by atoms with van der Waals surface area (Å²) >= 11 is 0. The molecule has 0 atom stereocenters. The van der Waals surface area contributed by atoms with Gasteiger partial charge in [-0.15, -0.1) is 0 Å². The molecule has 1 aromatic heterocycles. The first-order valence-corrected chi connectivity index (χ1v) is 6.22. The van der Waals surface area contributed by atoms with Gasteiger partial charge in [0.25, 0.3) is 0 Å². The number of hydrogen-bond donors (Lipinski definition) is 1. The molecule has 2 aromatic rings. The minimum absolute atomic E-state index is 0.0948. The van der Waals surface area contributed by atoms with Crippen LogP contribution in [0.25, 0.3) is 11.3 Å². The van der Waals surface area contributed by atoms with E-state index in [-0.39, 0.29) is 11.2 Å². The zero-order valence-corrected chi connectivity index (χ0v) is 11.1. The number of alkyl halides is 2. The molecule has 2 N–H and O–H groups in total. The topological polar surface area (TPSA) is 61.3 Å². The fourth-order valence-corrected chi connectivity index (χ4v) is 2.72. The van der Waals surface area contributed by atoms with Crippen LogP contribution in [0.2, 0.25) is 0 Å². The summed E-state index contributed by atoms with van der Waals surface area (Å²) in [4.78, 5) is 0. The Hall–Kier alpha value is -2.11. The molecular formula is C14H14F2N2O2. The summed E-state index contributed by atoms with van der Waals surface area (Å²) in [5.41, 5.74) is 8.15. The molecule has 3 rings (SSSR count). The molecule has 4 nitrogen and oxygen atoms in total. The van der Waals surface area contributed by atoms with Crippen LogP contribution in [0.1, 0.15) is 25.0 Å². The summed E-state index contributed by atoms with van der Waals surface area (Å²) < 4.78 is 34.3. The van der Waals surface area contributed by atoms with Crippen molar-refractivity contribution in [2.24, 2.45) is 0 Å². The fraction of sp³-hybridized carbons (Fsp3) is 0.357. The molecule has 0 unspecified atom stereocenters. The van der Waals surface area contributed by atoms with Crippen molar-refractivity contribution in [2.75, 3.05) is 5.73 Å². The SMILES string of the molecule is CC1(C)Cc2c(N)noc2-c2cc(OC(F)F)ccc21. The van der Waals surface area contributed by atoms with Crippen LogP contribution in [-0.4, -0.2) is 11.8 Å². The van der Waals surface area contributed by atoms with Crippen LogP contribution in [0.4, 0.5) is 14.6 Å². The number of benzene rings is 1. The monoisotopic (exact) mass is 280 g/mol. The zero-order valence-electron chi connectivity index (χ0n) is 11.1. The van der Waals surface area contributed by atoms with Gasteiger partial charge in [-0.05, 0) is 29.5 Å². The fourth-order valence-electron chi connectivity index (χ4n) is 2.72. The van der Waals surface area contributed by atoms with Gasteiger partial charge >= 0.3 is 6.61 Å². The number of nitrogens with two attached hydrogens (primary N) is 1. The van der Waals surface area contributed by atoms with Gasteiger partial charge in [-0.2, -0.15) is 8.78 Å². The molecule has 0 saturated carbocycles. The smallest absolute Gasteiger partial charge is 0.387 e. The maximum absolute atomic E-state index is 12.3. The number of nitrogens with zero attached hydrogens (tertiary/aromatic N) is 1. The van der Waals surface area contributed by atoms with Crippen LogP contribution >= 0.6 is 0 Å². The molecule has 20 heavy (non-hydrogen) atoms. The molecule has 1 aliphatic rings. The Bertz CT molecular complexity index is 665. The standard InChI is InChI=1S/C14H14F2N2O2/c1-14(2)6-9-11(20-18-12(9)17)8-5-7(19-13(15)16)3-4-10(8)14/h3-5,13H,6H2,1-2H3,(H2,17,18). The number of ether oxygens (including phenoxy) is 1. The predicted molar refractivity (Wildman–Crippen MR) is 69.7 cm³/mol. The number of halogens is 2. The van der Waals surface area contributed by atoms with Gasteiger partial charge in [-0.25, -0.2) is 0 Å². The molecule has 0 amide bonds. The van der Waals surface area contributed by atoms with E-state index in [1.807, 2.05) is 0 Å². The molecule has 6 heteroatoms. The molecule has 0 bridgehead atoms. The van der Waals surface area contributed by atoms with Crippen molar-refractivity contribution < 1.29 is 18.0 Å². The van der Waals surface area contributed by atoms with E-state index in [0.29, 0.717) is 23.6 Å². The number of fused-ring (bicyclic) bond motifs is 3. The van der Waals surface area contributed by atoms with Gasteiger partial charge in [0.05, 0.1) is 0 Å². The highest BCUT2D eigenvalue weighted by Crippen LogP contribution is 2.46. The molecule has 0 spiro atoms. The molecule has 1 aliphatic carbocycles. The van der Waals surface area contributed by atoms with E-state index in [4.69, 9.17) is 10.3 Å². The second-order valence-corrected chi connectivity index (χ2v) is 5.52. The van der Waals surface area contributed by atoms with Gasteiger partial charge in [-0.3, -0.25) is 0 Å². The lowest BCUT2D eigenvalue weighted by Gasteiger charge is -2.31. The van der Waals surface area contributed by atoms with Crippen molar-refractivity contribution in [3.8, 4) is 17.1 Å². The van der Waals surface area contributed by atoms with Gasteiger partial charge in [0, 0.05) is 11.1 Å². The van der Waals surface area contributed by atoms with E-state index in [1.165, 1.54) is 6.07 Å². The van der Waals surface area contributed by atoms with Crippen LogP contribution in [-0.2, 0) is 11.8 Å². The average molecular weight is 280 g/mol. The normalized spacial score (nSPS) is 15.8. The molecule has 1 aromatic carbocycles. The van der Waals surface area contributed by atoms with Crippen molar-refractivity contribution >= 4 is 5.82 Å². The number of nitrogen functional groups attached to an aromatic ring is 1. The Morgan fingerprint density at radius 1 is 1.40 bits per heavy atom. The van der Waals surface area contributed by atoms with Gasteiger partial charge in [-0.1, -0.05) is 25.1 Å². The number of anilines is 1. The molecule has 0 radical (unpaired) electrons. The summed E-state index contributed by atoms with van der Waals surface area (Å²) in [7, 11) is 0. The van der Waals surface area contributed by atoms with Crippen LogP contribution in [0.3, 0.4) is 0 Å². The molecule has 106 valence electrons. The lowest BCUT2D eigenvalue weighted by atomic mass is 9.72. The largest absolute Gasteiger partial charge is 0.435 e. The Labute approximate surface area is 114 Å². The highest BCUT2D eigenvalue weighted by Gasteiger charge is 2.35. The number of rotatable bonds is 2. The van der Waals surface area contributed by atoms with Gasteiger partial charge in [0.1, 0.15) is 5.75 Å². The lowest BCUT2D eigenvalue weighted by Crippen LogP contribution is -2.25. The number of aromatic nitrogens is 1. The Kier molecular flexibility index (Phi) is 2.70. The third kappa shape index (κ3) is 1.92. The van der Waals surface area contributed by atoms with Crippen molar-refractivity contribution in [3.63, 3.8) is 0 Å².